The largest absolute Gasteiger partial charge is 0.350 e. The molecule has 1 aliphatic rings. The molecule has 0 spiro atoms. The molecule has 2 aromatic heterocycles. The molecular formula is C18H23N5O4S. The van der Waals surface area contributed by atoms with Gasteiger partial charge in [0.05, 0.1) is 4.88 Å². The minimum atomic E-state index is -0.505. The molecule has 0 unspecified atom stereocenters. The summed E-state index contributed by atoms with van der Waals surface area (Å²) in [5, 5.41) is 4.78. The smallest absolute Gasteiger partial charge is 0.328 e. The Labute approximate surface area is 165 Å². The summed E-state index contributed by atoms with van der Waals surface area (Å²) < 4.78 is 1.33. The maximum absolute atomic E-state index is 12.4. The summed E-state index contributed by atoms with van der Waals surface area (Å²) in [4.78, 5) is 53.8. The van der Waals surface area contributed by atoms with E-state index >= 15 is 0 Å². The van der Waals surface area contributed by atoms with Crippen molar-refractivity contribution < 1.29 is 9.59 Å². The number of piperazine rings is 1. The molecule has 2 amide bonds. The molecule has 0 saturated carbocycles. The Balaban J connectivity index is 1.36. The maximum atomic E-state index is 12.4. The Hall–Kier alpha value is -2.72. The molecule has 28 heavy (non-hydrogen) atoms. The number of nitrogens with zero attached hydrogens (tertiary/aromatic N) is 3. The number of H-pyrrole nitrogens is 1. The predicted octanol–water partition coefficient (Wildman–Crippen LogP) is -0.438. The van der Waals surface area contributed by atoms with Crippen molar-refractivity contribution in [3.8, 4) is 0 Å². The number of carbonyl (C=O) groups excluding carboxylic acids is 2. The highest BCUT2D eigenvalue weighted by Gasteiger charge is 2.20. The molecule has 150 valence electrons. The highest BCUT2D eigenvalue weighted by atomic mass is 32.1. The van der Waals surface area contributed by atoms with E-state index in [2.05, 4.69) is 15.2 Å². The number of thiophene rings is 1. The lowest BCUT2D eigenvalue weighted by atomic mass is 10.2. The highest BCUT2D eigenvalue weighted by molar-refractivity contribution is 7.12. The molecule has 3 heterocycles. The van der Waals surface area contributed by atoms with E-state index in [0.29, 0.717) is 24.5 Å². The normalized spacial score (nSPS) is 14.8. The van der Waals surface area contributed by atoms with Crippen LogP contribution < -0.4 is 16.6 Å². The average Bonchev–Trinajstić information content (AvgIpc) is 3.22. The van der Waals surface area contributed by atoms with E-state index in [0.717, 1.165) is 19.6 Å². The fraction of sp³-hybridized carbons (Fsp3) is 0.444. The Kier molecular flexibility index (Phi) is 6.77. The first-order valence-corrected chi connectivity index (χ1v) is 10.0. The molecule has 0 bridgehead atoms. The topological polar surface area (TPSA) is 108 Å². The summed E-state index contributed by atoms with van der Waals surface area (Å²) in [6, 6.07) is 4.91. The summed E-state index contributed by atoms with van der Waals surface area (Å²) in [5.74, 6) is -0.0648. The van der Waals surface area contributed by atoms with E-state index < -0.39 is 11.2 Å². The average molecular weight is 405 g/mol. The molecular weight excluding hydrogens is 382 g/mol. The Morgan fingerprint density at radius 2 is 1.89 bits per heavy atom. The second-order valence-corrected chi connectivity index (χ2v) is 7.46. The number of aryl methyl sites for hydroxylation is 1. The number of nitrogens with one attached hydrogen (secondary N) is 2. The van der Waals surface area contributed by atoms with Crippen LogP contribution in [0.1, 0.15) is 16.1 Å². The van der Waals surface area contributed by atoms with Gasteiger partial charge in [-0.2, -0.15) is 0 Å². The Morgan fingerprint density at radius 1 is 1.11 bits per heavy atom. The van der Waals surface area contributed by atoms with Gasteiger partial charge < -0.3 is 14.8 Å². The predicted molar refractivity (Wildman–Crippen MR) is 106 cm³/mol. The zero-order chi connectivity index (χ0) is 19.9. The minimum Gasteiger partial charge on any atom is -0.350 e. The van der Waals surface area contributed by atoms with Gasteiger partial charge in [-0.1, -0.05) is 6.07 Å². The standard InChI is InChI=1S/C18H23N5O4S/c24-15-3-6-23(18(27)20-15)7-4-16(25)22-11-9-21(10-12-22)8-5-19-17(26)14-2-1-13-28-14/h1-3,6,13H,4-5,7-12H2,(H,19,26)(H,20,24,27). The lowest BCUT2D eigenvalue weighted by Gasteiger charge is -2.34. The van der Waals surface area contributed by atoms with Crippen LogP contribution in [0.3, 0.4) is 0 Å². The van der Waals surface area contributed by atoms with Crippen LogP contribution in [0, 0.1) is 0 Å². The van der Waals surface area contributed by atoms with Gasteiger partial charge in [-0.3, -0.25) is 24.3 Å². The monoisotopic (exact) mass is 405 g/mol. The molecule has 1 saturated heterocycles. The molecule has 0 radical (unpaired) electrons. The second kappa shape index (κ2) is 9.47. The Bertz CT molecular complexity index is 913. The summed E-state index contributed by atoms with van der Waals surface area (Å²) in [5.41, 5.74) is -0.954. The first-order chi connectivity index (χ1) is 13.5. The first-order valence-electron chi connectivity index (χ1n) is 9.14. The third kappa shape index (κ3) is 5.40. The number of rotatable bonds is 7. The van der Waals surface area contributed by atoms with Crippen molar-refractivity contribution in [3.63, 3.8) is 0 Å². The van der Waals surface area contributed by atoms with Crippen molar-refractivity contribution in [3.05, 3.63) is 55.5 Å². The molecule has 1 fully saturated rings. The number of hydrogen-bond acceptors (Lipinski definition) is 6. The van der Waals surface area contributed by atoms with Crippen molar-refractivity contribution in [1.82, 2.24) is 24.7 Å². The van der Waals surface area contributed by atoms with E-state index in [1.54, 1.807) is 11.0 Å². The number of carbonyl (C=O) groups is 2. The molecule has 0 atom stereocenters. The molecule has 0 aliphatic carbocycles. The van der Waals surface area contributed by atoms with Gasteiger partial charge in [0.2, 0.25) is 5.91 Å². The lowest BCUT2D eigenvalue weighted by molar-refractivity contribution is -0.133. The second-order valence-electron chi connectivity index (χ2n) is 6.51. The van der Waals surface area contributed by atoms with Gasteiger partial charge in [0.25, 0.3) is 11.5 Å². The van der Waals surface area contributed by atoms with E-state index in [1.165, 1.54) is 28.2 Å². The number of aromatic nitrogens is 2. The quantitative estimate of drug-likeness (QED) is 0.650. The van der Waals surface area contributed by atoms with E-state index in [9.17, 15) is 19.2 Å². The summed E-state index contributed by atoms with van der Waals surface area (Å²) in [7, 11) is 0. The van der Waals surface area contributed by atoms with Gasteiger partial charge in [0.1, 0.15) is 0 Å². The highest BCUT2D eigenvalue weighted by Crippen LogP contribution is 2.08. The summed E-state index contributed by atoms with van der Waals surface area (Å²) in [6.45, 7) is 4.30. The van der Waals surface area contributed by atoms with Crippen molar-refractivity contribution in [1.29, 1.82) is 0 Å². The fourth-order valence-corrected chi connectivity index (χ4v) is 3.68. The third-order valence-corrected chi connectivity index (χ3v) is 5.52. The van der Waals surface area contributed by atoms with Crippen LogP contribution in [0.4, 0.5) is 0 Å². The van der Waals surface area contributed by atoms with Crippen LogP contribution in [-0.2, 0) is 11.3 Å². The van der Waals surface area contributed by atoms with E-state index in [4.69, 9.17) is 0 Å². The van der Waals surface area contributed by atoms with Crippen molar-refractivity contribution in [2.45, 2.75) is 13.0 Å². The third-order valence-electron chi connectivity index (χ3n) is 4.65. The molecule has 2 aromatic rings. The van der Waals surface area contributed by atoms with Crippen molar-refractivity contribution in [2.24, 2.45) is 0 Å². The Morgan fingerprint density at radius 3 is 2.57 bits per heavy atom. The SMILES string of the molecule is O=C(NCCN1CCN(C(=O)CCn2ccc(=O)[nH]c2=O)CC1)c1cccs1. The van der Waals surface area contributed by atoms with Crippen LogP contribution in [-0.4, -0.2) is 70.4 Å². The lowest BCUT2D eigenvalue weighted by Crippen LogP contribution is -2.50. The molecule has 9 nitrogen and oxygen atoms in total. The molecule has 2 N–H and O–H groups in total. The van der Waals surface area contributed by atoms with Crippen molar-refractivity contribution in [2.75, 3.05) is 39.3 Å². The first kappa shape index (κ1) is 20.0. The molecule has 3 rings (SSSR count). The van der Waals surface area contributed by atoms with Crippen LogP contribution >= 0.6 is 11.3 Å². The molecule has 0 aromatic carbocycles. The van der Waals surface area contributed by atoms with Gasteiger partial charge in [0.15, 0.2) is 0 Å². The van der Waals surface area contributed by atoms with Crippen LogP contribution in [0.25, 0.3) is 0 Å². The number of amides is 2. The van der Waals surface area contributed by atoms with Gasteiger partial charge >= 0.3 is 5.69 Å². The van der Waals surface area contributed by atoms with Crippen LogP contribution in [0.15, 0.2) is 39.4 Å². The van der Waals surface area contributed by atoms with Gasteiger partial charge in [-0.05, 0) is 11.4 Å². The minimum absolute atomic E-state index is 0.0104. The summed E-state index contributed by atoms with van der Waals surface area (Å²) >= 11 is 1.42. The number of hydrogen-bond donors (Lipinski definition) is 2. The van der Waals surface area contributed by atoms with Crippen LogP contribution in [0.2, 0.25) is 0 Å². The van der Waals surface area contributed by atoms with Crippen LogP contribution in [0.5, 0.6) is 0 Å². The van der Waals surface area contributed by atoms with E-state index in [1.807, 2.05) is 11.4 Å². The zero-order valence-electron chi connectivity index (χ0n) is 15.4. The molecule has 1 aliphatic heterocycles. The summed E-state index contributed by atoms with van der Waals surface area (Å²) in [6.07, 6.45) is 1.61. The number of aromatic amines is 1. The van der Waals surface area contributed by atoms with E-state index in [-0.39, 0.29) is 24.8 Å². The van der Waals surface area contributed by atoms with Gasteiger partial charge in [0, 0.05) is 64.5 Å². The maximum Gasteiger partial charge on any atom is 0.328 e. The van der Waals surface area contributed by atoms with Crippen molar-refractivity contribution >= 4 is 23.2 Å². The fourth-order valence-electron chi connectivity index (χ4n) is 3.04. The van der Waals surface area contributed by atoms with Gasteiger partial charge in [-0.15, -0.1) is 11.3 Å². The van der Waals surface area contributed by atoms with Gasteiger partial charge in [-0.25, -0.2) is 4.79 Å². The molecule has 10 heteroatoms. The zero-order valence-corrected chi connectivity index (χ0v) is 16.2.